The van der Waals surface area contributed by atoms with E-state index >= 15 is 0 Å². The second-order valence-corrected chi connectivity index (χ2v) is 9.79. The molecule has 0 aliphatic carbocycles. The van der Waals surface area contributed by atoms with Crippen LogP contribution in [0.1, 0.15) is 39.5 Å². The summed E-state index contributed by atoms with van der Waals surface area (Å²) >= 11 is 0. The zero-order valence-electron chi connectivity index (χ0n) is 23.2. The predicted molar refractivity (Wildman–Crippen MR) is 159 cm³/mol. The fourth-order valence-corrected chi connectivity index (χ4v) is 4.59. The lowest BCUT2D eigenvalue weighted by molar-refractivity contribution is -0.136. The molecule has 0 bridgehead atoms. The van der Waals surface area contributed by atoms with Crippen molar-refractivity contribution in [3.8, 4) is 28.3 Å². The summed E-state index contributed by atoms with van der Waals surface area (Å²) < 4.78 is 12.0. The Bertz CT molecular complexity index is 1650. The van der Waals surface area contributed by atoms with Gasteiger partial charge in [0.25, 0.3) is 5.91 Å². The van der Waals surface area contributed by atoms with Crippen molar-refractivity contribution in [2.45, 2.75) is 32.7 Å². The molecule has 8 nitrogen and oxygen atoms in total. The Morgan fingerprint density at radius 3 is 2.33 bits per heavy atom. The van der Waals surface area contributed by atoms with E-state index < -0.39 is 5.97 Å². The van der Waals surface area contributed by atoms with E-state index in [0.29, 0.717) is 36.8 Å². The number of aryl methyl sites for hydroxylation is 2. The van der Waals surface area contributed by atoms with Gasteiger partial charge in [-0.1, -0.05) is 54.6 Å². The number of amides is 1. The van der Waals surface area contributed by atoms with Gasteiger partial charge in [0.05, 0.1) is 12.3 Å². The largest absolute Gasteiger partial charge is 0.493 e. The summed E-state index contributed by atoms with van der Waals surface area (Å²) in [6, 6.07) is 29.0. The summed E-state index contributed by atoms with van der Waals surface area (Å²) in [6.07, 6.45) is 2.44. The number of pyridine rings is 1. The van der Waals surface area contributed by atoms with E-state index in [9.17, 15) is 9.59 Å². The number of nitrogens with one attached hydrogen (secondary N) is 1. The first-order valence-electron chi connectivity index (χ1n) is 13.7. The molecular weight excluding hydrogens is 530 g/mol. The van der Waals surface area contributed by atoms with Gasteiger partial charge in [-0.2, -0.15) is 0 Å². The number of nitrogens with zero attached hydrogens (tertiary/aromatic N) is 2. The van der Waals surface area contributed by atoms with Crippen LogP contribution in [0.15, 0.2) is 102 Å². The molecule has 212 valence electrons. The van der Waals surface area contributed by atoms with Gasteiger partial charge in [0.1, 0.15) is 17.2 Å². The van der Waals surface area contributed by atoms with E-state index in [4.69, 9.17) is 19.2 Å². The Labute approximate surface area is 244 Å². The van der Waals surface area contributed by atoms with Gasteiger partial charge in [-0.25, -0.2) is 4.98 Å². The highest BCUT2D eigenvalue weighted by molar-refractivity contribution is 5.92. The van der Waals surface area contributed by atoms with Crippen LogP contribution in [0.2, 0.25) is 0 Å². The fraction of sp³-hybridized carbons (Fsp3) is 0.176. The number of carbonyl (C=O) groups is 2. The molecule has 1 amide bonds. The second-order valence-electron chi connectivity index (χ2n) is 9.79. The topological polar surface area (TPSA) is 115 Å². The second kappa shape index (κ2) is 13.4. The van der Waals surface area contributed by atoms with E-state index in [0.717, 1.165) is 39.3 Å². The standard InChI is InChI=1S/C34H31N3O5/c1-23-30(37-34(42-23)27-12-10-25(11-13-27)24-7-3-2-4-8-24)18-20-41-29-16-14-26(15-17-32(38)39)28(21-29)22-36-33(40)31-9-5-6-19-35-31/h2-14,16,19,21H,15,17-18,20,22H2,1H3,(H,36,40)(H,38,39). The summed E-state index contributed by atoms with van der Waals surface area (Å²) in [5, 5.41) is 12.0. The van der Waals surface area contributed by atoms with E-state index in [1.807, 2.05) is 55.5 Å². The Kier molecular flexibility index (Phi) is 9.03. The minimum atomic E-state index is -0.881. The third-order valence-corrected chi connectivity index (χ3v) is 6.86. The number of rotatable bonds is 12. The molecule has 0 fully saturated rings. The highest BCUT2D eigenvalue weighted by Gasteiger charge is 2.14. The van der Waals surface area contributed by atoms with Gasteiger partial charge in [0.15, 0.2) is 0 Å². The molecule has 0 aliphatic heterocycles. The summed E-state index contributed by atoms with van der Waals surface area (Å²) in [6.45, 7) is 2.48. The Hall–Kier alpha value is -5.24. The number of carboxylic acid groups (broad SMARTS) is 1. The molecule has 2 aromatic heterocycles. The van der Waals surface area contributed by atoms with Crippen molar-refractivity contribution in [1.82, 2.24) is 15.3 Å². The maximum Gasteiger partial charge on any atom is 0.303 e. The zero-order valence-corrected chi connectivity index (χ0v) is 23.2. The van der Waals surface area contributed by atoms with Crippen LogP contribution >= 0.6 is 0 Å². The molecule has 2 heterocycles. The van der Waals surface area contributed by atoms with Crippen LogP contribution in [0, 0.1) is 6.92 Å². The maximum absolute atomic E-state index is 12.5. The highest BCUT2D eigenvalue weighted by atomic mass is 16.5. The normalized spacial score (nSPS) is 10.8. The monoisotopic (exact) mass is 561 g/mol. The predicted octanol–water partition coefficient (Wildman–Crippen LogP) is 6.28. The van der Waals surface area contributed by atoms with Gasteiger partial charge >= 0.3 is 5.97 Å². The third-order valence-electron chi connectivity index (χ3n) is 6.86. The number of benzene rings is 3. The molecule has 0 atom stereocenters. The van der Waals surface area contributed by atoms with Crippen molar-refractivity contribution in [2.24, 2.45) is 0 Å². The number of hydrogen-bond acceptors (Lipinski definition) is 6. The van der Waals surface area contributed by atoms with Gasteiger partial charge in [-0.3, -0.25) is 14.6 Å². The lowest BCUT2D eigenvalue weighted by atomic mass is 10.0. The first-order chi connectivity index (χ1) is 20.5. The van der Waals surface area contributed by atoms with Crippen LogP contribution in [0.3, 0.4) is 0 Å². The molecule has 0 spiro atoms. The SMILES string of the molecule is Cc1oc(-c2ccc(-c3ccccc3)cc2)nc1CCOc1ccc(CCC(=O)O)c(CNC(=O)c2ccccn2)c1. The third kappa shape index (κ3) is 7.28. The van der Waals surface area contributed by atoms with Crippen LogP contribution in [-0.2, 0) is 24.2 Å². The first kappa shape index (κ1) is 28.3. The van der Waals surface area contributed by atoms with Gasteiger partial charge < -0.3 is 19.6 Å². The lowest BCUT2D eigenvalue weighted by Gasteiger charge is -2.13. The number of aliphatic carboxylic acids is 1. The molecule has 2 N–H and O–H groups in total. The number of hydrogen-bond donors (Lipinski definition) is 2. The molecule has 8 heteroatoms. The van der Waals surface area contributed by atoms with Crippen molar-refractivity contribution < 1.29 is 23.8 Å². The van der Waals surface area contributed by atoms with Crippen LogP contribution in [-0.4, -0.2) is 33.6 Å². The summed E-state index contributed by atoms with van der Waals surface area (Å²) in [4.78, 5) is 32.5. The summed E-state index contributed by atoms with van der Waals surface area (Å²) in [5.74, 6) is 0.735. The molecule has 0 saturated heterocycles. The number of carboxylic acids is 1. The summed E-state index contributed by atoms with van der Waals surface area (Å²) in [5.41, 5.74) is 5.93. The smallest absolute Gasteiger partial charge is 0.303 e. The van der Waals surface area contributed by atoms with Crippen molar-refractivity contribution in [2.75, 3.05) is 6.61 Å². The minimum Gasteiger partial charge on any atom is -0.493 e. The number of ether oxygens (including phenoxy) is 1. The molecular formula is C34H31N3O5. The van der Waals surface area contributed by atoms with E-state index in [2.05, 4.69) is 34.6 Å². The number of oxazole rings is 1. The molecule has 0 unspecified atom stereocenters. The van der Waals surface area contributed by atoms with E-state index in [1.165, 1.54) is 0 Å². The van der Waals surface area contributed by atoms with Crippen LogP contribution in [0.25, 0.3) is 22.6 Å². The van der Waals surface area contributed by atoms with Crippen molar-refractivity contribution in [3.63, 3.8) is 0 Å². The van der Waals surface area contributed by atoms with Crippen LogP contribution in [0.4, 0.5) is 0 Å². The van der Waals surface area contributed by atoms with Crippen LogP contribution in [0.5, 0.6) is 5.75 Å². The van der Waals surface area contributed by atoms with Crippen molar-refractivity contribution in [1.29, 1.82) is 0 Å². The molecule has 5 aromatic rings. The maximum atomic E-state index is 12.5. The number of carbonyl (C=O) groups excluding carboxylic acids is 1. The first-order valence-corrected chi connectivity index (χ1v) is 13.7. The molecule has 0 saturated carbocycles. The fourth-order valence-electron chi connectivity index (χ4n) is 4.59. The average molecular weight is 562 g/mol. The molecule has 5 rings (SSSR count). The van der Waals surface area contributed by atoms with Crippen LogP contribution < -0.4 is 10.1 Å². The van der Waals surface area contributed by atoms with Gasteiger partial charge in [-0.15, -0.1) is 0 Å². The quantitative estimate of drug-likeness (QED) is 0.184. The zero-order chi connectivity index (χ0) is 29.3. The molecule has 0 aliphatic rings. The minimum absolute atomic E-state index is 0.00978. The highest BCUT2D eigenvalue weighted by Crippen LogP contribution is 2.26. The average Bonchev–Trinajstić information content (AvgIpc) is 3.40. The Morgan fingerprint density at radius 2 is 1.60 bits per heavy atom. The van der Waals surface area contributed by atoms with Gasteiger partial charge in [-0.05, 0) is 72.0 Å². The number of aromatic nitrogens is 2. The Morgan fingerprint density at radius 1 is 0.857 bits per heavy atom. The lowest BCUT2D eigenvalue weighted by Crippen LogP contribution is -2.24. The van der Waals surface area contributed by atoms with Crippen molar-refractivity contribution in [3.05, 3.63) is 125 Å². The van der Waals surface area contributed by atoms with Crippen molar-refractivity contribution >= 4 is 11.9 Å². The summed E-state index contributed by atoms with van der Waals surface area (Å²) in [7, 11) is 0. The van der Waals surface area contributed by atoms with Gasteiger partial charge in [0, 0.05) is 31.1 Å². The molecule has 3 aromatic carbocycles. The Balaban J connectivity index is 1.22. The van der Waals surface area contributed by atoms with E-state index in [-0.39, 0.29) is 18.9 Å². The molecule has 0 radical (unpaired) electrons. The van der Waals surface area contributed by atoms with E-state index in [1.54, 1.807) is 24.4 Å². The van der Waals surface area contributed by atoms with Gasteiger partial charge in [0.2, 0.25) is 5.89 Å². The molecule has 42 heavy (non-hydrogen) atoms.